The third kappa shape index (κ3) is 3.01. The average molecular weight is 382 g/mol. The van der Waals surface area contributed by atoms with E-state index >= 15 is 0 Å². The molecule has 1 radical (unpaired) electrons. The normalized spacial score (nSPS) is 14.9. The van der Waals surface area contributed by atoms with E-state index < -0.39 is 0 Å². The van der Waals surface area contributed by atoms with Crippen LogP contribution in [0.15, 0.2) is 46.6 Å². The minimum atomic E-state index is -0.259. The van der Waals surface area contributed by atoms with Gasteiger partial charge in [-0.15, -0.1) is 11.6 Å². The van der Waals surface area contributed by atoms with Crippen molar-refractivity contribution in [2.45, 2.75) is 6.92 Å². The molecule has 18 heavy (non-hydrogen) atoms. The first kappa shape index (κ1) is 15.8. The molecular weight excluding hydrogens is 370 g/mol. The summed E-state index contributed by atoms with van der Waals surface area (Å²) in [5, 5.41) is 0. The molecule has 0 unspecified atom stereocenters. The van der Waals surface area contributed by atoms with E-state index in [1.807, 2.05) is 24.9 Å². The van der Waals surface area contributed by atoms with Gasteiger partial charge in [-0.25, -0.2) is 4.39 Å². The van der Waals surface area contributed by atoms with Gasteiger partial charge in [0.25, 0.3) is 0 Å². The molecule has 1 aromatic carbocycles. The Morgan fingerprint density at radius 3 is 2.67 bits per heavy atom. The minimum Gasteiger partial charge on any atom is -0.378 e. The standard InChI is InChI=1S/C14H12BrFN.Y/c1-9-4-7-14(17(3)10(9)2)12-6-5-11(16)8-13(12)15;/h4-6,8H,2H2,1,3H3;/q-1;. The molecule has 91 valence electrons. The van der Waals surface area contributed by atoms with Crippen molar-refractivity contribution in [2.75, 3.05) is 7.05 Å². The van der Waals surface area contributed by atoms with Gasteiger partial charge in [0, 0.05) is 39.8 Å². The summed E-state index contributed by atoms with van der Waals surface area (Å²) in [6, 6.07) is 4.63. The van der Waals surface area contributed by atoms with Gasteiger partial charge < -0.3 is 4.90 Å². The Bertz CT molecular complexity index is 549. The summed E-state index contributed by atoms with van der Waals surface area (Å²) in [5.41, 5.74) is 3.79. The van der Waals surface area contributed by atoms with E-state index in [0.717, 1.165) is 22.5 Å². The number of likely N-dealkylation sites (N-methyl/N-ethyl adjacent to an activating group) is 1. The van der Waals surface area contributed by atoms with E-state index in [4.69, 9.17) is 0 Å². The number of rotatable bonds is 1. The van der Waals surface area contributed by atoms with Crippen LogP contribution in [-0.4, -0.2) is 11.9 Å². The molecule has 0 atom stereocenters. The van der Waals surface area contributed by atoms with Crippen LogP contribution in [0.4, 0.5) is 4.39 Å². The van der Waals surface area contributed by atoms with Crippen LogP contribution in [-0.2, 0) is 32.7 Å². The molecule has 4 heteroatoms. The van der Waals surface area contributed by atoms with Crippen LogP contribution >= 0.6 is 15.9 Å². The number of hydrogen-bond acceptors (Lipinski definition) is 1. The van der Waals surface area contributed by atoms with E-state index in [-0.39, 0.29) is 38.5 Å². The van der Waals surface area contributed by atoms with Crippen LogP contribution in [0.1, 0.15) is 12.5 Å². The van der Waals surface area contributed by atoms with Gasteiger partial charge in [-0.2, -0.15) is 12.2 Å². The Labute approximate surface area is 140 Å². The van der Waals surface area contributed by atoms with Gasteiger partial charge in [0.2, 0.25) is 0 Å². The summed E-state index contributed by atoms with van der Waals surface area (Å²) in [4.78, 5) is 1.95. The molecular formula is C14H12BrFNY-. The predicted octanol–water partition coefficient (Wildman–Crippen LogP) is 4.14. The van der Waals surface area contributed by atoms with E-state index in [9.17, 15) is 4.39 Å². The maximum Gasteiger partial charge on any atom is 0.122 e. The fraction of sp³-hybridized carbons (Fsp3) is 0.143. The predicted molar refractivity (Wildman–Crippen MR) is 71.4 cm³/mol. The van der Waals surface area contributed by atoms with Crippen molar-refractivity contribution >= 4 is 21.6 Å². The molecule has 0 aliphatic carbocycles. The molecule has 0 fully saturated rings. The largest absolute Gasteiger partial charge is 0.378 e. The molecule has 1 aliphatic heterocycles. The van der Waals surface area contributed by atoms with Gasteiger partial charge in [-0.1, -0.05) is 40.7 Å². The van der Waals surface area contributed by atoms with E-state index in [0.29, 0.717) is 4.47 Å². The quantitative estimate of drug-likeness (QED) is 0.661. The second-order valence-corrected chi connectivity index (χ2v) is 4.80. The van der Waals surface area contributed by atoms with Gasteiger partial charge in [-0.3, -0.25) is 0 Å². The summed E-state index contributed by atoms with van der Waals surface area (Å²) in [6.45, 7) is 6.00. The number of nitrogens with zero attached hydrogens (tertiary/aromatic N) is 1. The van der Waals surface area contributed by atoms with Crippen molar-refractivity contribution in [1.29, 1.82) is 0 Å². The first-order valence-electron chi connectivity index (χ1n) is 5.19. The second-order valence-electron chi connectivity index (χ2n) is 3.95. The van der Waals surface area contributed by atoms with Crippen molar-refractivity contribution in [1.82, 2.24) is 4.90 Å². The molecule has 0 saturated heterocycles. The summed E-state index contributed by atoms with van der Waals surface area (Å²) < 4.78 is 13.8. The van der Waals surface area contributed by atoms with Crippen molar-refractivity contribution in [3.05, 3.63) is 64.1 Å². The average Bonchev–Trinajstić information content (AvgIpc) is 2.28. The van der Waals surface area contributed by atoms with Crippen molar-refractivity contribution < 1.29 is 37.1 Å². The Hall–Kier alpha value is -0.246. The van der Waals surface area contributed by atoms with Crippen LogP contribution in [0, 0.1) is 11.9 Å². The van der Waals surface area contributed by atoms with Crippen LogP contribution in [0.5, 0.6) is 0 Å². The van der Waals surface area contributed by atoms with Gasteiger partial charge in [0.15, 0.2) is 0 Å². The first-order chi connectivity index (χ1) is 8.00. The molecule has 1 nitrogen and oxygen atoms in total. The van der Waals surface area contributed by atoms with Crippen LogP contribution in [0.25, 0.3) is 5.70 Å². The molecule has 0 amide bonds. The number of allylic oxidation sites excluding steroid dienone is 3. The van der Waals surface area contributed by atoms with Crippen molar-refractivity contribution in [2.24, 2.45) is 0 Å². The molecule has 0 N–H and O–H groups in total. The van der Waals surface area contributed by atoms with Crippen molar-refractivity contribution in [3.63, 3.8) is 0 Å². The van der Waals surface area contributed by atoms with Gasteiger partial charge in [0.1, 0.15) is 5.82 Å². The molecule has 1 heterocycles. The zero-order valence-electron chi connectivity index (χ0n) is 10.3. The van der Waals surface area contributed by atoms with Crippen LogP contribution in [0.3, 0.4) is 0 Å². The maximum atomic E-state index is 13.0. The maximum absolute atomic E-state index is 13.0. The van der Waals surface area contributed by atoms with E-state index in [2.05, 4.69) is 28.6 Å². The Morgan fingerprint density at radius 1 is 1.39 bits per heavy atom. The van der Waals surface area contributed by atoms with Crippen molar-refractivity contribution in [3.8, 4) is 0 Å². The second kappa shape index (κ2) is 6.27. The third-order valence-corrected chi connectivity index (χ3v) is 3.46. The fourth-order valence-electron chi connectivity index (χ4n) is 1.70. The minimum absolute atomic E-state index is 0. The summed E-state index contributed by atoms with van der Waals surface area (Å²) >= 11 is 3.37. The Kier molecular flexibility index (Phi) is 5.51. The topological polar surface area (TPSA) is 3.24 Å². The van der Waals surface area contributed by atoms with Crippen LogP contribution in [0.2, 0.25) is 0 Å². The first-order valence-corrected chi connectivity index (χ1v) is 5.98. The zero-order chi connectivity index (χ0) is 12.6. The molecule has 0 bridgehead atoms. The van der Waals surface area contributed by atoms with E-state index in [1.54, 1.807) is 6.07 Å². The zero-order valence-corrected chi connectivity index (χ0v) is 14.7. The molecule has 0 spiro atoms. The SMILES string of the molecule is C=C1C(C)=C[C-]=C(c2ccc(F)cc2Br)N1C.[Y]. The summed E-state index contributed by atoms with van der Waals surface area (Å²) in [7, 11) is 1.93. The fourth-order valence-corrected chi connectivity index (χ4v) is 2.23. The number of benzene rings is 1. The third-order valence-electron chi connectivity index (χ3n) is 2.81. The molecule has 2 rings (SSSR count). The Morgan fingerprint density at radius 2 is 2.06 bits per heavy atom. The van der Waals surface area contributed by atoms with Gasteiger partial charge >= 0.3 is 0 Å². The monoisotopic (exact) mass is 381 g/mol. The van der Waals surface area contributed by atoms with Crippen LogP contribution < -0.4 is 0 Å². The molecule has 1 aromatic rings. The smallest absolute Gasteiger partial charge is 0.122 e. The van der Waals surface area contributed by atoms with Gasteiger partial charge in [0.05, 0.1) is 0 Å². The summed E-state index contributed by atoms with van der Waals surface area (Å²) in [6.07, 6.45) is 5.09. The number of hydrogen-bond donors (Lipinski definition) is 0. The Balaban J connectivity index is 0.00000162. The molecule has 1 aliphatic rings. The number of halogens is 2. The molecule has 0 aromatic heterocycles. The summed E-state index contributed by atoms with van der Waals surface area (Å²) in [5.74, 6) is -0.259. The van der Waals surface area contributed by atoms with E-state index in [1.165, 1.54) is 12.1 Å². The molecule has 0 saturated carbocycles. The van der Waals surface area contributed by atoms with Gasteiger partial charge in [-0.05, 0) is 22.3 Å².